The monoisotopic (exact) mass is 298 g/mol. The van der Waals surface area contributed by atoms with Crippen LogP contribution in [0.1, 0.15) is 43.3 Å². The van der Waals surface area contributed by atoms with Crippen molar-refractivity contribution >= 4 is 28.0 Å². The van der Waals surface area contributed by atoms with Gasteiger partial charge in [-0.25, -0.2) is 4.79 Å². The lowest BCUT2D eigenvalue weighted by Crippen LogP contribution is -2.17. The molecular formula is C14H22N2O3S. The van der Waals surface area contributed by atoms with E-state index in [0.29, 0.717) is 28.3 Å². The van der Waals surface area contributed by atoms with Crippen LogP contribution < -0.4 is 15.8 Å². The van der Waals surface area contributed by atoms with Crippen molar-refractivity contribution in [1.29, 1.82) is 0 Å². The smallest absolute Gasteiger partial charge is 0.350 e. The summed E-state index contributed by atoms with van der Waals surface area (Å²) in [5.74, 6) is 0.845. The largest absolute Gasteiger partial charge is 0.486 e. The van der Waals surface area contributed by atoms with Gasteiger partial charge in [0, 0.05) is 6.04 Å². The van der Waals surface area contributed by atoms with Gasteiger partial charge in [-0.3, -0.25) is 0 Å². The SMILES string of the molecule is COC(=O)c1sc(NC(C)C2CC2)c(OC(C)C)c1N. The van der Waals surface area contributed by atoms with E-state index in [1.54, 1.807) is 0 Å². The molecule has 0 aromatic carbocycles. The lowest BCUT2D eigenvalue weighted by Gasteiger charge is -2.16. The Hall–Kier alpha value is -1.43. The van der Waals surface area contributed by atoms with Gasteiger partial charge >= 0.3 is 5.97 Å². The van der Waals surface area contributed by atoms with Crippen molar-refractivity contribution in [2.24, 2.45) is 5.92 Å². The molecule has 6 heteroatoms. The topological polar surface area (TPSA) is 73.6 Å². The fourth-order valence-corrected chi connectivity index (χ4v) is 3.11. The minimum absolute atomic E-state index is 0.00539. The zero-order valence-corrected chi connectivity index (χ0v) is 13.2. The molecule has 0 radical (unpaired) electrons. The van der Waals surface area contributed by atoms with Crippen molar-refractivity contribution in [2.75, 3.05) is 18.2 Å². The molecule has 1 aliphatic carbocycles. The number of ether oxygens (including phenoxy) is 2. The summed E-state index contributed by atoms with van der Waals surface area (Å²) < 4.78 is 10.5. The summed E-state index contributed by atoms with van der Waals surface area (Å²) in [7, 11) is 1.35. The zero-order valence-electron chi connectivity index (χ0n) is 12.4. The Labute approximate surface area is 123 Å². The third kappa shape index (κ3) is 3.17. The predicted octanol–water partition coefficient (Wildman–Crippen LogP) is 3.11. The van der Waals surface area contributed by atoms with E-state index in [1.165, 1.54) is 31.3 Å². The molecule has 2 rings (SSSR count). The summed E-state index contributed by atoms with van der Waals surface area (Å²) in [5.41, 5.74) is 6.40. The summed E-state index contributed by atoms with van der Waals surface area (Å²) in [6.07, 6.45) is 2.49. The molecule has 3 N–H and O–H groups in total. The molecule has 0 bridgehead atoms. The highest BCUT2D eigenvalue weighted by atomic mass is 32.1. The number of nitrogens with one attached hydrogen (secondary N) is 1. The van der Waals surface area contributed by atoms with E-state index < -0.39 is 5.97 Å². The van der Waals surface area contributed by atoms with Crippen LogP contribution in [0.5, 0.6) is 5.75 Å². The summed E-state index contributed by atoms with van der Waals surface area (Å²) >= 11 is 1.30. The minimum atomic E-state index is -0.423. The normalized spacial score (nSPS) is 16.1. The predicted molar refractivity (Wildman–Crippen MR) is 81.6 cm³/mol. The Kier molecular flexibility index (Phi) is 4.42. The third-order valence-corrected chi connectivity index (χ3v) is 4.41. The number of anilines is 2. The van der Waals surface area contributed by atoms with Gasteiger partial charge in [-0.15, -0.1) is 11.3 Å². The van der Waals surface area contributed by atoms with Gasteiger partial charge < -0.3 is 20.5 Å². The molecule has 1 heterocycles. The lowest BCUT2D eigenvalue weighted by atomic mass is 10.2. The van der Waals surface area contributed by atoms with Gasteiger partial charge in [0.05, 0.1) is 13.2 Å². The van der Waals surface area contributed by atoms with Gasteiger partial charge in [0.2, 0.25) is 0 Å². The summed E-state index contributed by atoms with van der Waals surface area (Å²) in [4.78, 5) is 12.1. The number of rotatable bonds is 6. The molecule has 0 amide bonds. The van der Waals surface area contributed by atoms with Crippen LogP contribution in [0.4, 0.5) is 10.7 Å². The molecule has 0 saturated heterocycles. The number of carbonyl (C=O) groups is 1. The zero-order chi connectivity index (χ0) is 14.9. The molecule has 1 saturated carbocycles. The number of hydrogen-bond donors (Lipinski definition) is 2. The van der Waals surface area contributed by atoms with Crippen LogP contribution in [-0.4, -0.2) is 25.2 Å². The molecule has 1 atom stereocenters. The van der Waals surface area contributed by atoms with Gasteiger partial charge in [-0.2, -0.15) is 0 Å². The van der Waals surface area contributed by atoms with Crippen molar-refractivity contribution in [3.05, 3.63) is 4.88 Å². The molecule has 0 spiro atoms. The minimum Gasteiger partial charge on any atom is -0.486 e. The second-order valence-corrected chi connectivity index (χ2v) is 6.45. The first-order chi connectivity index (χ1) is 9.43. The number of carbonyl (C=O) groups excluding carboxylic acids is 1. The molecule has 112 valence electrons. The second kappa shape index (κ2) is 5.91. The first kappa shape index (κ1) is 15.0. The highest BCUT2D eigenvalue weighted by Gasteiger charge is 2.30. The molecule has 0 aliphatic heterocycles. The van der Waals surface area contributed by atoms with Gasteiger partial charge in [0.15, 0.2) is 5.75 Å². The Morgan fingerprint density at radius 1 is 1.40 bits per heavy atom. The molecule has 1 aliphatic rings. The highest BCUT2D eigenvalue weighted by molar-refractivity contribution is 7.19. The molecular weight excluding hydrogens is 276 g/mol. The number of thiophene rings is 1. The number of esters is 1. The Morgan fingerprint density at radius 3 is 2.55 bits per heavy atom. The second-order valence-electron chi connectivity index (χ2n) is 5.43. The van der Waals surface area contributed by atoms with Crippen LogP contribution in [-0.2, 0) is 4.74 Å². The molecule has 1 aromatic heterocycles. The van der Waals surface area contributed by atoms with Gasteiger partial charge in [-0.05, 0) is 39.5 Å². The van der Waals surface area contributed by atoms with E-state index in [1.807, 2.05) is 13.8 Å². The maximum atomic E-state index is 11.7. The molecule has 1 aromatic rings. The van der Waals surface area contributed by atoms with Crippen LogP contribution in [0.2, 0.25) is 0 Å². The average Bonchev–Trinajstić information content (AvgIpc) is 3.19. The number of methoxy groups -OCH3 is 1. The van der Waals surface area contributed by atoms with Gasteiger partial charge in [-0.1, -0.05) is 0 Å². The summed E-state index contributed by atoms with van der Waals surface area (Å²) in [5, 5.41) is 4.24. The summed E-state index contributed by atoms with van der Waals surface area (Å²) in [6.45, 7) is 6.01. The van der Waals surface area contributed by atoms with E-state index in [-0.39, 0.29) is 6.10 Å². The number of hydrogen-bond acceptors (Lipinski definition) is 6. The van der Waals surface area contributed by atoms with E-state index in [2.05, 4.69) is 12.2 Å². The average molecular weight is 298 g/mol. The van der Waals surface area contributed by atoms with Crippen LogP contribution >= 0.6 is 11.3 Å². The van der Waals surface area contributed by atoms with Crippen LogP contribution in [0.3, 0.4) is 0 Å². The molecule has 1 unspecified atom stereocenters. The van der Waals surface area contributed by atoms with Crippen molar-refractivity contribution in [2.45, 2.75) is 45.8 Å². The Balaban J connectivity index is 2.28. The van der Waals surface area contributed by atoms with E-state index >= 15 is 0 Å². The first-order valence-electron chi connectivity index (χ1n) is 6.87. The van der Waals surface area contributed by atoms with Gasteiger partial charge in [0.1, 0.15) is 15.6 Å². The highest BCUT2D eigenvalue weighted by Crippen LogP contribution is 2.45. The van der Waals surface area contributed by atoms with Crippen molar-refractivity contribution < 1.29 is 14.3 Å². The Bertz CT molecular complexity index is 495. The van der Waals surface area contributed by atoms with Gasteiger partial charge in [0.25, 0.3) is 0 Å². The quantitative estimate of drug-likeness (QED) is 0.789. The number of nitrogens with two attached hydrogens (primary N) is 1. The first-order valence-corrected chi connectivity index (χ1v) is 7.69. The maximum absolute atomic E-state index is 11.7. The summed E-state index contributed by atoms with van der Waals surface area (Å²) in [6, 6.07) is 0.355. The van der Waals surface area contributed by atoms with E-state index in [0.717, 1.165) is 5.00 Å². The standard InChI is InChI=1S/C14H22N2O3S/c1-7(2)19-11-10(15)12(14(17)18-4)20-13(11)16-8(3)9-5-6-9/h7-9,16H,5-6,15H2,1-4H3. The lowest BCUT2D eigenvalue weighted by molar-refractivity contribution is 0.0607. The fourth-order valence-electron chi connectivity index (χ4n) is 2.04. The van der Waals surface area contributed by atoms with Crippen LogP contribution in [0.25, 0.3) is 0 Å². The van der Waals surface area contributed by atoms with Crippen LogP contribution in [0.15, 0.2) is 0 Å². The molecule has 20 heavy (non-hydrogen) atoms. The molecule has 1 fully saturated rings. The van der Waals surface area contributed by atoms with Crippen molar-refractivity contribution in [1.82, 2.24) is 0 Å². The Morgan fingerprint density at radius 2 is 2.05 bits per heavy atom. The third-order valence-electron chi connectivity index (χ3n) is 3.31. The van der Waals surface area contributed by atoms with E-state index in [9.17, 15) is 4.79 Å². The van der Waals surface area contributed by atoms with E-state index in [4.69, 9.17) is 15.2 Å². The van der Waals surface area contributed by atoms with Crippen molar-refractivity contribution in [3.63, 3.8) is 0 Å². The maximum Gasteiger partial charge on any atom is 0.350 e. The number of nitrogen functional groups attached to an aromatic ring is 1. The fraction of sp³-hybridized carbons (Fsp3) is 0.643. The molecule has 5 nitrogen and oxygen atoms in total. The van der Waals surface area contributed by atoms with Crippen LogP contribution in [0, 0.1) is 5.92 Å². The van der Waals surface area contributed by atoms with Crippen molar-refractivity contribution in [3.8, 4) is 5.75 Å².